The lowest BCUT2D eigenvalue weighted by Gasteiger charge is -2.28. The van der Waals surface area contributed by atoms with Crippen LogP contribution in [0, 0.1) is 19.3 Å². The largest absolute Gasteiger partial charge is 0.570 e. The SMILES string of the molecule is Cc1c(-c2ccc(C(=O)NCCO[P+](O)(O)OCCNC(=O)c3ccc(-c4c(C)c(C(=O)c5ccc6c(=O)n(C(C(=O)O)C(C)(C)C)c(=O)[nH]c6c5)n5ccccc45)cc3)cc2)c2ccccn2c1C(=O)c1ccc2c(=O)n(CC(=O)OC(C)(C)C)c(=O)[nH]c2c1. The summed E-state index contributed by atoms with van der Waals surface area (Å²) < 4.78 is 20.5. The maximum absolute atomic E-state index is 14.4. The normalized spacial score (nSPS) is 12.4. The van der Waals surface area contributed by atoms with Crippen molar-refractivity contribution < 1.29 is 57.4 Å². The van der Waals surface area contributed by atoms with Gasteiger partial charge in [-0.15, -0.1) is 0 Å². The Hall–Kier alpha value is -10.2. The van der Waals surface area contributed by atoms with E-state index in [1.165, 1.54) is 36.4 Å². The first-order valence-corrected chi connectivity index (χ1v) is 30.3. The van der Waals surface area contributed by atoms with Crippen molar-refractivity contribution in [2.75, 3.05) is 26.3 Å². The molecule has 10 rings (SSSR count). The number of benzene rings is 4. The van der Waals surface area contributed by atoms with Crippen LogP contribution in [0.25, 0.3) is 55.1 Å². The van der Waals surface area contributed by atoms with E-state index >= 15 is 0 Å². The van der Waals surface area contributed by atoms with Crippen LogP contribution in [0.15, 0.2) is 153 Å². The Morgan fingerprint density at radius 2 is 1.00 bits per heavy atom. The number of aliphatic carboxylic acids is 1. The molecule has 6 aromatic heterocycles. The molecule has 0 aliphatic carbocycles. The summed E-state index contributed by atoms with van der Waals surface area (Å²) in [4.78, 5) is 159. The van der Waals surface area contributed by atoms with Crippen molar-refractivity contribution in [2.24, 2.45) is 5.41 Å². The van der Waals surface area contributed by atoms with E-state index in [-0.39, 0.29) is 70.4 Å². The second-order valence-electron chi connectivity index (χ2n) is 23.7. The Balaban J connectivity index is 0.720. The first-order valence-electron chi connectivity index (χ1n) is 28.7. The van der Waals surface area contributed by atoms with Crippen LogP contribution in [0.2, 0.25) is 0 Å². The number of carbonyl (C=O) groups excluding carboxylic acids is 5. The molecule has 25 heteroatoms. The predicted molar refractivity (Wildman–Crippen MR) is 340 cm³/mol. The quantitative estimate of drug-likeness (QED) is 0.0168. The van der Waals surface area contributed by atoms with E-state index in [2.05, 4.69) is 20.6 Å². The van der Waals surface area contributed by atoms with Crippen LogP contribution in [0.5, 0.6) is 0 Å². The van der Waals surface area contributed by atoms with Crippen molar-refractivity contribution in [2.45, 2.75) is 73.6 Å². The Morgan fingerprint density at radius 3 is 1.43 bits per heavy atom. The minimum atomic E-state index is -4.38. The number of hydrogen-bond donors (Lipinski definition) is 7. The molecule has 10 aromatic rings. The molecule has 0 fully saturated rings. The van der Waals surface area contributed by atoms with Gasteiger partial charge in [0, 0.05) is 58.9 Å². The molecule has 4 aromatic carbocycles. The Morgan fingerprint density at radius 1 is 0.571 bits per heavy atom. The number of hydrogen-bond acceptors (Lipinski definition) is 15. The fourth-order valence-electron chi connectivity index (χ4n) is 11.2. The van der Waals surface area contributed by atoms with Gasteiger partial charge in [-0.1, -0.05) is 69.3 Å². The highest BCUT2D eigenvalue weighted by Gasteiger charge is 2.39. The van der Waals surface area contributed by atoms with Crippen molar-refractivity contribution in [1.82, 2.24) is 38.5 Å². The van der Waals surface area contributed by atoms with Gasteiger partial charge in [-0.25, -0.2) is 23.5 Å². The summed E-state index contributed by atoms with van der Waals surface area (Å²) in [5.41, 5.74) is 1.95. The standard InChI is InChI=1S/C66H63N8O16P/c1-36-51(48-13-9-11-29-71(48)53(36)55(76)42-23-25-44-46(33-42)69-63(84)73(60(44)80)35-50(75)90-66(6,7)8)38-15-19-40(20-16-38)58(78)67-27-31-88-91(86,87)89-32-28-68-59(79)41-21-17-39(18-22-41)52-37(2)54(72-30-12-10-14-49(52)72)56(77)43-24-26-45-47(34-43)70-64(85)74(61(45)81)57(62(82)83)65(3,4)5/h9-26,29-30,33-34,57,86-87H,27-28,31-32,35H2,1-8H3,(H4-,67,68,69,70,78,79,80,81,82,83,84,85)/p+1. The molecule has 2 amide bonds. The summed E-state index contributed by atoms with van der Waals surface area (Å²) in [6, 6.07) is 31.2. The molecule has 468 valence electrons. The van der Waals surface area contributed by atoms with Crippen molar-refractivity contribution in [3.05, 3.63) is 220 Å². The highest BCUT2D eigenvalue weighted by molar-refractivity contribution is 7.54. The van der Waals surface area contributed by atoms with Gasteiger partial charge in [-0.3, -0.25) is 33.6 Å². The summed E-state index contributed by atoms with van der Waals surface area (Å²) in [7, 11) is -4.38. The summed E-state index contributed by atoms with van der Waals surface area (Å²) in [6.07, 6.45) is 3.47. The maximum Gasteiger partial charge on any atom is 0.570 e. The van der Waals surface area contributed by atoms with E-state index in [9.17, 15) is 62.8 Å². The van der Waals surface area contributed by atoms with Gasteiger partial charge in [0.1, 0.15) is 31.4 Å². The number of esters is 1. The molecule has 0 saturated heterocycles. The topological polar surface area (TPSA) is 333 Å². The van der Waals surface area contributed by atoms with Gasteiger partial charge in [-0.05, 0) is 135 Å². The van der Waals surface area contributed by atoms with Gasteiger partial charge >= 0.3 is 31.5 Å². The zero-order valence-corrected chi connectivity index (χ0v) is 51.6. The number of ether oxygens (including phenoxy) is 1. The smallest absolute Gasteiger partial charge is 0.480 e. The molecule has 6 heterocycles. The van der Waals surface area contributed by atoms with Crippen LogP contribution in [0.1, 0.15) is 112 Å². The number of nitrogens with one attached hydrogen (secondary N) is 4. The highest BCUT2D eigenvalue weighted by atomic mass is 31.2. The molecule has 0 spiro atoms. The number of aromatic nitrogens is 6. The summed E-state index contributed by atoms with van der Waals surface area (Å²) in [6.45, 7) is 11.8. The lowest BCUT2D eigenvalue weighted by Crippen LogP contribution is -2.45. The number of carboxylic acid groups (broad SMARTS) is 1. The number of carbonyl (C=O) groups is 6. The third-order valence-electron chi connectivity index (χ3n) is 15.2. The maximum atomic E-state index is 14.4. The molecule has 0 bridgehead atoms. The van der Waals surface area contributed by atoms with E-state index in [1.807, 2.05) is 24.3 Å². The number of aromatic amines is 2. The average Bonchev–Trinajstić information content (AvgIpc) is 1.71. The molecular formula is C66H64N8O16P+. The number of H-pyrrole nitrogens is 2. The Bertz CT molecular complexity index is 4860. The molecule has 0 aliphatic rings. The molecule has 1 unspecified atom stereocenters. The molecule has 7 N–H and O–H groups in total. The predicted octanol–water partition coefficient (Wildman–Crippen LogP) is 7.48. The first kappa shape index (κ1) is 63.8. The first-order chi connectivity index (χ1) is 43.0. The van der Waals surface area contributed by atoms with Crippen LogP contribution < -0.4 is 33.1 Å². The zero-order chi connectivity index (χ0) is 65.6. The fraction of sp³-hybridized carbons (Fsp3) is 0.242. The number of rotatable bonds is 20. The molecule has 1 atom stereocenters. The summed E-state index contributed by atoms with van der Waals surface area (Å²) in [5.74, 6) is -3.91. The second-order valence-corrected chi connectivity index (χ2v) is 25.2. The molecule has 0 saturated carbocycles. The Labute approximate surface area is 518 Å². The average molecular weight is 1260 g/mol. The van der Waals surface area contributed by atoms with E-state index in [1.54, 1.807) is 137 Å². The van der Waals surface area contributed by atoms with Crippen molar-refractivity contribution in [1.29, 1.82) is 0 Å². The van der Waals surface area contributed by atoms with Gasteiger partial charge in [0.25, 0.3) is 22.9 Å². The van der Waals surface area contributed by atoms with Crippen LogP contribution in [0.4, 0.5) is 0 Å². The molecule has 24 nitrogen and oxygen atoms in total. The zero-order valence-electron chi connectivity index (χ0n) is 50.7. The number of amides is 2. The molecule has 0 aliphatic heterocycles. The number of fused-ring (bicyclic) bond motifs is 4. The van der Waals surface area contributed by atoms with Gasteiger partial charge in [0.15, 0.2) is 0 Å². The lowest BCUT2D eigenvalue weighted by molar-refractivity contribution is -0.155. The second kappa shape index (κ2) is 25.0. The van der Waals surface area contributed by atoms with Crippen LogP contribution >= 0.6 is 8.17 Å². The van der Waals surface area contributed by atoms with E-state index in [0.29, 0.717) is 60.4 Å². The Kier molecular flexibility index (Phi) is 17.5. The van der Waals surface area contributed by atoms with Gasteiger partial charge in [0.05, 0.1) is 44.2 Å². The molecule has 91 heavy (non-hydrogen) atoms. The number of ketones is 2. The third kappa shape index (κ3) is 13.0. The van der Waals surface area contributed by atoms with E-state index < -0.39 is 89.6 Å². The number of nitrogens with zero attached hydrogens (tertiary/aromatic N) is 4. The lowest BCUT2D eigenvalue weighted by atomic mass is 9.86. The minimum absolute atomic E-state index is 0.0291. The minimum Gasteiger partial charge on any atom is -0.480 e. The summed E-state index contributed by atoms with van der Waals surface area (Å²) in [5, 5.41) is 15.4. The van der Waals surface area contributed by atoms with Crippen LogP contribution in [-0.4, -0.2) is 110 Å². The van der Waals surface area contributed by atoms with Gasteiger partial charge in [0.2, 0.25) is 11.6 Å². The number of pyridine rings is 2. The monoisotopic (exact) mass is 1260 g/mol. The van der Waals surface area contributed by atoms with E-state index in [0.717, 1.165) is 4.57 Å². The fourth-order valence-corrected chi connectivity index (χ4v) is 12.0. The van der Waals surface area contributed by atoms with E-state index in [4.69, 9.17) is 13.8 Å². The van der Waals surface area contributed by atoms with Crippen molar-refractivity contribution in [3.8, 4) is 22.3 Å². The van der Waals surface area contributed by atoms with Crippen molar-refractivity contribution in [3.63, 3.8) is 0 Å². The van der Waals surface area contributed by atoms with Crippen LogP contribution in [-0.2, 0) is 29.9 Å². The molecule has 0 radical (unpaired) electrons. The third-order valence-corrected chi connectivity index (χ3v) is 16.3. The van der Waals surface area contributed by atoms with Gasteiger partial charge in [-0.2, -0.15) is 18.8 Å². The van der Waals surface area contributed by atoms with Crippen molar-refractivity contribution >= 4 is 76.3 Å². The van der Waals surface area contributed by atoms with Crippen LogP contribution in [0.3, 0.4) is 0 Å². The number of carboxylic acids is 1. The van der Waals surface area contributed by atoms with Gasteiger partial charge < -0.3 is 39.2 Å². The summed E-state index contributed by atoms with van der Waals surface area (Å²) >= 11 is 0. The highest BCUT2D eigenvalue weighted by Crippen LogP contribution is 2.52. The molecular weight excluding hydrogens is 1190 g/mol.